The summed E-state index contributed by atoms with van der Waals surface area (Å²) in [5, 5.41) is 9.71. The van der Waals surface area contributed by atoms with E-state index >= 15 is 0 Å². The van der Waals surface area contributed by atoms with Crippen molar-refractivity contribution in [2.24, 2.45) is 0 Å². The molecule has 0 spiro atoms. The Labute approximate surface area is 107 Å². The van der Waals surface area contributed by atoms with Gasteiger partial charge in [0.2, 0.25) is 0 Å². The molecule has 0 bridgehead atoms. The number of carboxylic acid groups (broad SMARTS) is 1. The molecule has 4 nitrogen and oxygen atoms in total. The molecule has 1 aromatic heterocycles. The summed E-state index contributed by atoms with van der Waals surface area (Å²) < 4.78 is 0. The van der Waals surface area contributed by atoms with Crippen LogP contribution in [0.2, 0.25) is 10.0 Å². The van der Waals surface area contributed by atoms with E-state index in [1.54, 1.807) is 18.2 Å². The Hall–Kier alpha value is -1.65. The van der Waals surface area contributed by atoms with Gasteiger partial charge in [0.1, 0.15) is 0 Å². The number of benzene rings is 1. The zero-order valence-corrected chi connectivity index (χ0v) is 9.90. The Balaban J connectivity index is 2.52. The van der Waals surface area contributed by atoms with E-state index in [1.807, 2.05) is 0 Å². The van der Waals surface area contributed by atoms with Crippen LogP contribution in [-0.2, 0) is 0 Å². The predicted octanol–water partition coefficient (Wildman–Crippen LogP) is 3.15. The Morgan fingerprint density at radius 3 is 2.41 bits per heavy atom. The van der Waals surface area contributed by atoms with Crippen molar-refractivity contribution in [1.82, 2.24) is 9.97 Å². The van der Waals surface area contributed by atoms with Crippen molar-refractivity contribution in [2.75, 3.05) is 0 Å². The first-order valence-corrected chi connectivity index (χ1v) is 5.34. The molecule has 0 amide bonds. The first-order chi connectivity index (χ1) is 8.06. The van der Waals surface area contributed by atoms with E-state index in [0.29, 0.717) is 15.6 Å². The van der Waals surface area contributed by atoms with Crippen molar-refractivity contribution in [3.05, 3.63) is 46.2 Å². The fraction of sp³-hybridized carbons (Fsp3) is 0. The number of carbonyl (C=O) groups is 1. The molecule has 0 saturated heterocycles. The molecule has 6 heteroatoms. The van der Waals surface area contributed by atoms with Gasteiger partial charge in [-0.3, -0.25) is 0 Å². The Morgan fingerprint density at radius 1 is 1.18 bits per heavy atom. The Morgan fingerprint density at radius 2 is 1.82 bits per heavy atom. The highest BCUT2D eigenvalue weighted by Crippen LogP contribution is 2.24. The number of rotatable bonds is 2. The van der Waals surface area contributed by atoms with Crippen LogP contribution >= 0.6 is 23.2 Å². The summed E-state index contributed by atoms with van der Waals surface area (Å²) in [6.07, 6.45) is 1.38. The van der Waals surface area contributed by atoms with Crippen molar-refractivity contribution in [3.8, 4) is 11.4 Å². The summed E-state index contributed by atoms with van der Waals surface area (Å²) in [7, 11) is 0. The minimum atomic E-state index is -1.11. The van der Waals surface area contributed by atoms with Gasteiger partial charge in [-0.05, 0) is 24.3 Å². The second-order valence-electron chi connectivity index (χ2n) is 3.23. The number of nitrogens with zero attached hydrogens (tertiary/aromatic N) is 2. The van der Waals surface area contributed by atoms with Crippen LogP contribution in [0.25, 0.3) is 11.4 Å². The standard InChI is InChI=1S/C11H6Cl2N2O2/c12-7-3-6(4-8(13)5-7)10-14-2-1-9(15-10)11(16)17/h1-5H,(H,16,17). The molecule has 2 rings (SSSR count). The van der Waals surface area contributed by atoms with Gasteiger partial charge in [-0.25, -0.2) is 14.8 Å². The Kier molecular flexibility index (Phi) is 3.26. The maximum atomic E-state index is 10.8. The second-order valence-corrected chi connectivity index (χ2v) is 4.10. The summed E-state index contributed by atoms with van der Waals surface area (Å²) in [6, 6.07) is 6.13. The lowest BCUT2D eigenvalue weighted by Gasteiger charge is -2.02. The van der Waals surface area contributed by atoms with Crippen LogP contribution in [0.4, 0.5) is 0 Å². The van der Waals surface area contributed by atoms with E-state index in [2.05, 4.69) is 9.97 Å². The largest absolute Gasteiger partial charge is 0.477 e. The molecule has 1 N–H and O–H groups in total. The molecule has 1 heterocycles. The van der Waals surface area contributed by atoms with Crippen LogP contribution in [0.3, 0.4) is 0 Å². The van der Waals surface area contributed by atoms with Gasteiger partial charge in [0.05, 0.1) is 0 Å². The Bertz CT molecular complexity index is 567. The van der Waals surface area contributed by atoms with E-state index < -0.39 is 5.97 Å². The lowest BCUT2D eigenvalue weighted by molar-refractivity contribution is 0.0690. The van der Waals surface area contributed by atoms with Gasteiger partial charge in [0.15, 0.2) is 11.5 Å². The molecule has 0 fully saturated rings. The number of aromatic nitrogens is 2. The quantitative estimate of drug-likeness (QED) is 0.909. The van der Waals surface area contributed by atoms with Gasteiger partial charge in [-0.2, -0.15) is 0 Å². The third-order valence-corrected chi connectivity index (χ3v) is 2.43. The summed E-state index contributed by atoms with van der Waals surface area (Å²) in [6.45, 7) is 0. The van der Waals surface area contributed by atoms with Crippen molar-refractivity contribution < 1.29 is 9.90 Å². The lowest BCUT2D eigenvalue weighted by Crippen LogP contribution is -2.02. The van der Waals surface area contributed by atoms with E-state index in [9.17, 15) is 4.79 Å². The third-order valence-electron chi connectivity index (χ3n) is 2.00. The average Bonchev–Trinajstić information content (AvgIpc) is 2.28. The second kappa shape index (κ2) is 4.69. The van der Waals surface area contributed by atoms with Crippen molar-refractivity contribution >= 4 is 29.2 Å². The molecule has 0 aliphatic rings. The van der Waals surface area contributed by atoms with Gasteiger partial charge < -0.3 is 5.11 Å². The van der Waals surface area contributed by atoms with Crippen molar-refractivity contribution in [1.29, 1.82) is 0 Å². The average molecular weight is 269 g/mol. The van der Waals surface area contributed by atoms with Gasteiger partial charge in [-0.1, -0.05) is 23.2 Å². The zero-order valence-electron chi connectivity index (χ0n) is 8.39. The normalized spacial score (nSPS) is 10.2. The molecule has 2 aromatic rings. The van der Waals surface area contributed by atoms with Crippen LogP contribution in [0.5, 0.6) is 0 Å². The molecule has 86 valence electrons. The molecule has 0 saturated carbocycles. The van der Waals surface area contributed by atoms with Crippen LogP contribution in [0, 0.1) is 0 Å². The summed E-state index contributed by atoms with van der Waals surface area (Å²) in [5.41, 5.74) is 0.497. The molecule has 1 aromatic carbocycles. The molecule has 0 unspecified atom stereocenters. The number of hydrogen-bond acceptors (Lipinski definition) is 3. The molecular weight excluding hydrogens is 263 g/mol. The number of carboxylic acids is 1. The van der Waals surface area contributed by atoms with Gasteiger partial charge in [-0.15, -0.1) is 0 Å². The van der Waals surface area contributed by atoms with Gasteiger partial charge >= 0.3 is 5.97 Å². The van der Waals surface area contributed by atoms with Gasteiger partial charge in [0, 0.05) is 21.8 Å². The smallest absolute Gasteiger partial charge is 0.354 e. The van der Waals surface area contributed by atoms with Crippen LogP contribution in [0.1, 0.15) is 10.5 Å². The number of aromatic carboxylic acids is 1. The minimum Gasteiger partial charge on any atom is -0.477 e. The van der Waals surface area contributed by atoms with Crippen LogP contribution < -0.4 is 0 Å². The maximum Gasteiger partial charge on any atom is 0.354 e. The highest BCUT2D eigenvalue weighted by molar-refractivity contribution is 6.35. The molecule has 0 aliphatic carbocycles. The fourth-order valence-electron chi connectivity index (χ4n) is 1.30. The predicted molar refractivity (Wildman–Crippen MR) is 64.4 cm³/mol. The molecule has 0 atom stereocenters. The molecule has 17 heavy (non-hydrogen) atoms. The van der Waals surface area contributed by atoms with E-state index in [-0.39, 0.29) is 11.5 Å². The van der Waals surface area contributed by atoms with Gasteiger partial charge in [0.25, 0.3) is 0 Å². The van der Waals surface area contributed by atoms with Crippen molar-refractivity contribution in [2.45, 2.75) is 0 Å². The highest BCUT2D eigenvalue weighted by atomic mass is 35.5. The first kappa shape index (κ1) is 11.8. The highest BCUT2D eigenvalue weighted by Gasteiger charge is 2.09. The van der Waals surface area contributed by atoms with Crippen molar-refractivity contribution in [3.63, 3.8) is 0 Å². The molecule has 0 radical (unpaired) electrons. The molecule has 0 aliphatic heterocycles. The lowest BCUT2D eigenvalue weighted by atomic mass is 10.2. The van der Waals surface area contributed by atoms with Crippen LogP contribution in [-0.4, -0.2) is 21.0 Å². The summed E-state index contributed by atoms with van der Waals surface area (Å²) >= 11 is 11.7. The maximum absolute atomic E-state index is 10.8. The number of halogens is 2. The zero-order chi connectivity index (χ0) is 12.4. The number of hydrogen-bond donors (Lipinski definition) is 1. The molecular formula is C11H6Cl2N2O2. The topological polar surface area (TPSA) is 63.1 Å². The summed E-state index contributed by atoms with van der Waals surface area (Å²) in [5.74, 6) is -0.837. The van der Waals surface area contributed by atoms with E-state index in [0.717, 1.165) is 0 Å². The minimum absolute atomic E-state index is 0.0777. The summed E-state index contributed by atoms with van der Waals surface area (Å²) in [4.78, 5) is 18.7. The fourth-order valence-corrected chi connectivity index (χ4v) is 1.83. The van der Waals surface area contributed by atoms with Crippen LogP contribution in [0.15, 0.2) is 30.5 Å². The third kappa shape index (κ3) is 2.72. The monoisotopic (exact) mass is 268 g/mol. The van der Waals surface area contributed by atoms with E-state index in [1.165, 1.54) is 12.3 Å². The first-order valence-electron chi connectivity index (χ1n) is 4.59. The SMILES string of the molecule is O=C(O)c1ccnc(-c2cc(Cl)cc(Cl)c2)n1. The van der Waals surface area contributed by atoms with E-state index in [4.69, 9.17) is 28.3 Å².